The first-order valence-corrected chi connectivity index (χ1v) is 5.64. The van der Waals surface area contributed by atoms with Crippen molar-refractivity contribution in [3.63, 3.8) is 0 Å². The van der Waals surface area contributed by atoms with Gasteiger partial charge in [-0.2, -0.15) is 0 Å². The molecule has 1 heterocycles. The second kappa shape index (κ2) is 4.72. The number of halogens is 1. The molecule has 0 saturated carbocycles. The SMILES string of the molecule is CC(=O)Cc1coc(-c2cc(C)ccc2Cl)n1. The molecular weight excluding hydrogens is 238 g/mol. The fraction of sp³-hybridized carbons (Fsp3) is 0.231. The van der Waals surface area contributed by atoms with Crippen molar-refractivity contribution in [2.24, 2.45) is 0 Å². The number of carbonyl (C=O) groups is 1. The Morgan fingerprint density at radius 3 is 2.94 bits per heavy atom. The Kier molecular flexibility index (Phi) is 3.29. The number of aryl methyl sites for hydroxylation is 1. The molecule has 3 nitrogen and oxygen atoms in total. The number of hydrogen-bond donors (Lipinski definition) is 0. The van der Waals surface area contributed by atoms with Gasteiger partial charge in [0.25, 0.3) is 0 Å². The van der Waals surface area contributed by atoms with Crippen molar-refractivity contribution in [1.82, 2.24) is 4.98 Å². The molecule has 88 valence electrons. The fourth-order valence-electron chi connectivity index (χ4n) is 1.57. The molecule has 2 aromatic rings. The predicted octanol–water partition coefficient (Wildman–Crippen LogP) is 3.43. The van der Waals surface area contributed by atoms with Gasteiger partial charge in [0.05, 0.1) is 22.7 Å². The van der Waals surface area contributed by atoms with Crippen LogP contribution in [0.25, 0.3) is 11.5 Å². The number of ketones is 1. The van der Waals surface area contributed by atoms with Crippen molar-refractivity contribution < 1.29 is 9.21 Å². The van der Waals surface area contributed by atoms with Gasteiger partial charge in [0.15, 0.2) is 0 Å². The number of oxazole rings is 1. The number of carbonyl (C=O) groups excluding carboxylic acids is 1. The van der Waals surface area contributed by atoms with E-state index in [4.69, 9.17) is 16.0 Å². The van der Waals surface area contributed by atoms with E-state index >= 15 is 0 Å². The van der Waals surface area contributed by atoms with E-state index in [1.807, 2.05) is 19.1 Å². The van der Waals surface area contributed by atoms with E-state index in [1.54, 1.807) is 6.07 Å². The smallest absolute Gasteiger partial charge is 0.227 e. The van der Waals surface area contributed by atoms with Gasteiger partial charge in [-0.05, 0) is 26.0 Å². The maximum Gasteiger partial charge on any atom is 0.227 e. The average Bonchev–Trinajstić information content (AvgIpc) is 2.69. The van der Waals surface area contributed by atoms with Crippen LogP contribution in [0.1, 0.15) is 18.2 Å². The summed E-state index contributed by atoms with van der Waals surface area (Å²) >= 11 is 6.08. The van der Waals surface area contributed by atoms with Crippen LogP contribution in [0.3, 0.4) is 0 Å². The summed E-state index contributed by atoms with van der Waals surface area (Å²) in [5, 5.41) is 0.590. The minimum absolute atomic E-state index is 0.0557. The number of nitrogens with zero attached hydrogens (tertiary/aromatic N) is 1. The molecule has 0 amide bonds. The third kappa shape index (κ3) is 2.74. The summed E-state index contributed by atoms with van der Waals surface area (Å²) in [5.74, 6) is 0.509. The molecule has 17 heavy (non-hydrogen) atoms. The highest BCUT2D eigenvalue weighted by Gasteiger charge is 2.11. The zero-order valence-corrected chi connectivity index (χ0v) is 10.4. The fourth-order valence-corrected chi connectivity index (χ4v) is 1.77. The lowest BCUT2D eigenvalue weighted by Gasteiger charge is -2.00. The summed E-state index contributed by atoms with van der Waals surface area (Å²) in [5.41, 5.74) is 2.46. The molecule has 0 bridgehead atoms. The van der Waals surface area contributed by atoms with Crippen molar-refractivity contribution in [3.8, 4) is 11.5 Å². The number of Topliss-reactive ketones (excluding diaryl/α,β-unsaturated/α-hetero) is 1. The molecule has 1 aromatic carbocycles. The predicted molar refractivity (Wildman–Crippen MR) is 66.1 cm³/mol. The lowest BCUT2D eigenvalue weighted by molar-refractivity contribution is -0.116. The topological polar surface area (TPSA) is 43.1 Å². The summed E-state index contributed by atoms with van der Waals surface area (Å²) < 4.78 is 5.34. The van der Waals surface area contributed by atoms with Gasteiger partial charge in [-0.15, -0.1) is 0 Å². The first kappa shape index (κ1) is 11.9. The quantitative estimate of drug-likeness (QED) is 0.837. The Hall–Kier alpha value is -1.61. The van der Waals surface area contributed by atoms with Crippen molar-refractivity contribution >= 4 is 17.4 Å². The number of hydrogen-bond acceptors (Lipinski definition) is 3. The zero-order valence-electron chi connectivity index (χ0n) is 9.66. The maximum absolute atomic E-state index is 11.0. The summed E-state index contributed by atoms with van der Waals surface area (Å²) in [7, 11) is 0. The standard InChI is InChI=1S/C13H12ClNO2/c1-8-3-4-12(14)11(5-8)13-15-10(7-17-13)6-9(2)16/h3-5,7H,6H2,1-2H3. The molecule has 0 aliphatic rings. The minimum Gasteiger partial charge on any atom is -0.444 e. The van der Waals surface area contributed by atoms with Gasteiger partial charge >= 0.3 is 0 Å². The van der Waals surface area contributed by atoms with Crippen LogP contribution < -0.4 is 0 Å². The largest absolute Gasteiger partial charge is 0.444 e. The van der Waals surface area contributed by atoms with Crippen molar-refractivity contribution in [2.75, 3.05) is 0 Å². The second-order valence-electron chi connectivity index (χ2n) is 4.01. The summed E-state index contributed by atoms with van der Waals surface area (Å²) in [6.07, 6.45) is 1.78. The second-order valence-corrected chi connectivity index (χ2v) is 4.41. The molecule has 2 rings (SSSR count). The Balaban J connectivity index is 2.36. The highest BCUT2D eigenvalue weighted by atomic mass is 35.5. The summed E-state index contributed by atoms with van der Waals surface area (Å²) in [6.45, 7) is 3.49. The van der Waals surface area contributed by atoms with E-state index in [-0.39, 0.29) is 12.2 Å². The molecule has 0 radical (unpaired) electrons. The number of benzene rings is 1. The van der Waals surface area contributed by atoms with E-state index in [0.717, 1.165) is 11.1 Å². The van der Waals surface area contributed by atoms with Gasteiger partial charge in [0, 0.05) is 0 Å². The Bertz CT molecular complexity index is 560. The third-order valence-electron chi connectivity index (χ3n) is 2.33. The van der Waals surface area contributed by atoms with Gasteiger partial charge in [0.1, 0.15) is 12.0 Å². The van der Waals surface area contributed by atoms with Crippen molar-refractivity contribution in [2.45, 2.75) is 20.3 Å². The van der Waals surface area contributed by atoms with Crippen LogP contribution in [-0.4, -0.2) is 10.8 Å². The first-order valence-electron chi connectivity index (χ1n) is 5.26. The zero-order chi connectivity index (χ0) is 12.4. The molecule has 4 heteroatoms. The molecule has 0 unspecified atom stereocenters. The van der Waals surface area contributed by atoms with Gasteiger partial charge in [0.2, 0.25) is 5.89 Å². The van der Waals surface area contributed by atoms with Gasteiger partial charge < -0.3 is 4.42 Å². The van der Waals surface area contributed by atoms with E-state index in [1.165, 1.54) is 13.2 Å². The van der Waals surface area contributed by atoms with Crippen LogP contribution in [0.2, 0.25) is 5.02 Å². The van der Waals surface area contributed by atoms with Crippen LogP contribution in [0.5, 0.6) is 0 Å². The highest BCUT2D eigenvalue weighted by Crippen LogP contribution is 2.28. The highest BCUT2D eigenvalue weighted by molar-refractivity contribution is 6.33. The van der Waals surface area contributed by atoms with E-state index in [2.05, 4.69) is 4.98 Å². The van der Waals surface area contributed by atoms with Crippen molar-refractivity contribution in [1.29, 1.82) is 0 Å². The molecular formula is C13H12ClNO2. The Labute approximate surface area is 104 Å². The monoisotopic (exact) mass is 249 g/mol. The maximum atomic E-state index is 11.0. The van der Waals surface area contributed by atoms with Crippen LogP contribution in [-0.2, 0) is 11.2 Å². The molecule has 0 saturated heterocycles. The van der Waals surface area contributed by atoms with Crippen LogP contribution in [0, 0.1) is 6.92 Å². The van der Waals surface area contributed by atoms with Gasteiger partial charge in [-0.3, -0.25) is 4.79 Å². The normalized spacial score (nSPS) is 10.5. The molecule has 0 fully saturated rings. The molecule has 0 aliphatic carbocycles. The van der Waals surface area contributed by atoms with Crippen molar-refractivity contribution in [3.05, 3.63) is 40.7 Å². The lowest BCUT2D eigenvalue weighted by Crippen LogP contribution is -1.96. The van der Waals surface area contributed by atoms with Gasteiger partial charge in [-0.1, -0.05) is 23.2 Å². The first-order chi connectivity index (χ1) is 8.06. The lowest BCUT2D eigenvalue weighted by atomic mass is 10.1. The Morgan fingerprint density at radius 2 is 2.24 bits per heavy atom. The number of aromatic nitrogens is 1. The number of rotatable bonds is 3. The molecule has 0 spiro atoms. The van der Waals surface area contributed by atoms with E-state index in [0.29, 0.717) is 16.6 Å². The van der Waals surface area contributed by atoms with Crippen LogP contribution >= 0.6 is 11.6 Å². The molecule has 0 N–H and O–H groups in total. The third-order valence-corrected chi connectivity index (χ3v) is 2.66. The van der Waals surface area contributed by atoms with Crippen LogP contribution in [0.4, 0.5) is 0 Å². The summed E-state index contributed by atoms with van der Waals surface area (Å²) in [6, 6.07) is 5.64. The van der Waals surface area contributed by atoms with Crippen LogP contribution in [0.15, 0.2) is 28.9 Å². The molecule has 0 aliphatic heterocycles. The Morgan fingerprint density at radius 1 is 1.47 bits per heavy atom. The molecule has 0 atom stereocenters. The molecule has 1 aromatic heterocycles. The average molecular weight is 250 g/mol. The summed E-state index contributed by atoms with van der Waals surface area (Å²) in [4.78, 5) is 15.2. The van der Waals surface area contributed by atoms with E-state index in [9.17, 15) is 4.79 Å². The van der Waals surface area contributed by atoms with E-state index < -0.39 is 0 Å². The minimum atomic E-state index is 0.0557. The van der Waals surface area contributed by atoms with Gasteiger partial charge in [-0.25, -0.2) is 4.98 Å².